The van der Waals surface area contributed by atoms with Crippen LogP contribution in [0.5, 0.6) is 0 Å². The van der Waals surface area contributed by atoms with E-state index in [0.29, 0.717) is 26.2 Å². The van der Waals surface area contributed by atoms with Crippen LogP contribution in [0, 0.1) is 5.92 Å². The highest BCUT2D eigenvalue weighted by Crippen LogP contribution is 2.18. The van der Waals surface area contributed by atoms with Gasteiger partial charge in [-0.15, -0.1) is 0 Å². The highest BCUT2D eigenvalue weighted by molar-refractivity contribution is 5.84. The molecule has 2 aliphatic heterocycles. The van der Waals surface area contributed by atoms with Crippen molar-refractivity contribution in [1.82, 2.24) is 14.7 Å². The summed E-state index contributed by atoms with van der Waals surface area (Å²) in [6.07, 6.45) is 2.04. The number of nitrogens with two attached hydrogens (primary N) is 1. The van der Waals surface area contributed by atoms with Gasteiger partial charge >= 0.3 is 0 Å². The second kappa shape index (κ2) is 6.75. The zero-order valence-electron chi connectivity index (χ0n) is 13.4. The molecule has 1 unspecified atom stereocenters. The molecule has 2 aliphatic rings. The number of rotatable bonds is 3. The van der Waals surface area contributed by atoms with Crippen LogP contribution in [0.3, 0.4) is 0 Å². The van der Waals surface area contributed by atoms with E-state index in [-0.39, 0.29) is 23.8 Å². The zero-order valence-corrected chi connectivity index (χ0v) is 13.4. The van der Waals surface area contributed by atoms with Crippen LogP contribution in [0.4, 0.5) is 0 Å². The molecule has 2 N–H and O–H groups in total. The predicted molar refractivity (Wildman–Crippen MR) is 81.6 cm³/mol. The highest BCUT2D eigenvalue weighted by atomic mass is 16.2. The fraction of sp³-hybridized carbons (Fsp3) is 0.867. The van der Waals surface area contributed by atoms with Gasteiger partial charge in [0.25, 0.3) is 0 Å². The van der Waals surface area contributed by atoms with Gasteiger partial charge in [0.05, 0.1) is 12.1 Å². The molecule has 0 saturated carbocycles. The van der Waals surface area contributed by atoms with E-state index in [2.05, 4.69) is 4.90 Å². The maximum absolute atomic E-state index is 12.5. The summed E-state index contributed by atoms with van der Waals surface area (Å²) in [6.45, 7) is 7.36. The third-order valence-corrected chi connectivity index (χ3v) is 4.71. The Hall–Kier alpha value is -1.14. The van der Waals surface area contributed by atoms with Gasteiger partial charge < -0.3 is 15.5 Å². The van der Waals surface area contributed by atoms with Crippen molar-refractivity contribution in [2.75, 3.05) is 39.8 Å². The molecule has 2 heterocycles. The Morgan fingerprint density at radius 3 is 2.10 bits per heavy atom. The van der Waals surface area contributed by atoms with E-state index in [1.807, 2.05) is 25.8 Å². The number of nitrogens with zero attached hydrogens (tertiary/aromatic N) is 3. The standard InChI is InChI=1S/C15H28N4O2/c1-11(2)13(16)15(21)19-9-7-18(8-10-19)14(20)12-5-4-6-17(12)3/h11-13H,4-10,16H2,1-3H3/t12?,13-/m0/s1. The first-order chi connectivity index (χ1) is 9.91. The summed E-state index contributed by atoms with van der Waals surface area (Å²) in [5, 5.41) is 0. The normalized spacial score (nSPS) is 25.5. The molecule has 0 aromatic rings. The van der Waals surface area contributed by atoms with Crippen molar-refractivity contribution in [3.8, 4) is 0 Å². The molecule has 0 radical (unpaired) electrons. The van der Waals surface area contributed by atoms with Crippen LogP contribution in [0.25, 0.3) is 0 Å². The van der Waals surface area contributed by atoms with Crippen molar-refractivity contribution in [2.24, 2.45) is 11.7 Å². The first-order valence-corrected chi connectivity index (χ1v) is 7.95. The Labute approximate surface area is 127 Å². The lowest BCUT2D eigenvalue weighted by molar-refractivity contribution is -0.143. The van der Waals surface area contributed by atoms with Crippen LogP contribution in [0.1, 0.15) is 26.7 Å². The molecular weight excluding hydrogens is 268 g/mol. The average Bonchev–Trinajstić information content (AvgIpc) is 2.91. The summed E-state index contributed by atoms with van der Waals surface area (Å²) < 4.78 is 0. The topological polar surface area (TPSA) is 69.9 Å². The number of piperazine rings is 1. The average molecular weight is 296 g/mol. The van der Waals surface area contributed by atoms with Crippen molar-refractivity contribution >= 4 is 11.8 Å². The van der Waals surface area contributed by atoms with E-state index in [9.17, 15) is 9.59 Å². The molecule has 0 aromatic heterocycles. The van der Waals surface area contributed by atoms with E-state index in [1.54, 1.807) is 4.90 Å². The van der Waals surface area contributed by atoms with Gasteiger partial charge in [-0.2, -0.15) is 0 Å². The summed E-state index contributed by atoms with van der Waals surface area (Å²) >= 11 is 0. The monoisotopic (exact) mass is 296 g/mol. The van der Waals surface area contributed by atoms with Crippen LogP contribution in [-0.2, 0) is 9.59 Å². The molecule has 21 heavy (non-hydrogen) atoms. The van der Waals surface area contributed by atoms with Crippen LogP contribution < -0.4 is 5.73 Å². The molecule has 6 nitrogen and oxygen atoms in total. The Balaban J connectivity index is 1.85. The number of likely N-dealkylation sites (N-methyl/N-ethyl adjacent to an activating group) is 1. The van der Waals surface area contributed by atoms with E-state index in [4.69, 9.17) is 5.73 Å². The second-order valence-electron chi connectivity index (χ2n) is 6.56. The number of hydrogen-bond donors (Lipinski definition) is 1. The summed E-state index contributed by atoms with van der Waals surface area (Å²) in [7, 11) is 2.01. The Bertz CT molecular complexity index is 391. The molecule has 0 bridgehead atoms. The van der Waals surface area contributed by atoms with Gasteiger partial charge in [-0.25, -0.2) is 0 Å². The minimum Gasteiger partial charge on any atom is -0.338 e. The van der Waals surface area contributed by atoms with Crippen molar-refractivity contribution in [3.05, 3.63) is 0 Å². The largest absolute Gasteiger partial charge is 0.338 e. The fourth-order valence-corrected chi connectivity index (χ4v) is 3.08. The minimum absolute atomic E-state index is 0.00934. The number of carbonyl (C=O) groups excluding carboxylic acids is 2. The Morgan fingerprint density at radius 2 is 1.62 bits per heavy atom. The van der Waals surface area contributed by atoms with Crippen LogP contribution >= 0.6 is 0 Å². The Kier molecular flexibility index (Phi) is 5.22. The lowest BCUT2D eigenvalue weighted by Crippen LogP contribution is -2.57. The quantitative estimate of drug-likeness (QED) is 0.779. The summed E-state index contributed by atoms with van der Waals surface area (Å²) in [6, 6.07) is -0.404. The predicted octanol–water partition coefficient (Wildman–Crippen LogP) is -0.265. The zero-order chi connectivity index (χ0) is 15.6. The van der Waals surface area contributed by atoms with E-state index in [0.717, 1.165) is 19.4 Å². The number of carbonyl (C=O) groups is 2. The van der Waals surface area contributed by atoms with Crippen molar-refractivity contribution < 1.29 is 9.59 Å². The van der Waals surface area contributed by atoms with Crippen molar-refractivity contribution in [3.63, 3.8) is 0 Å². The lowest BCUT2D eigenvalue weighted by Gasteiger charge is -2.38. The van der Waals surface area contributed by atoms with Crippen LogP contribution in [0.15, 0.2) is 0 Å². The maximum atomic E-state index is 12.5. The maximum Gasteiger partial charge on any atom is 0.240 e. The highest BCUT2D eigenvalue weighted by Gasteiger charge is 2.34. The number of likely N-dealkylation sites (tertiary alicyclic amines) is 1. The molecule has 2 saturated heterocycles. The van der Waals surface area contributed by atoms with Crippen LogP contribution in [0.2, 0.25) is 0 Å². The molecule has 2 fully saturated rings. The molecule has 120 valence electrons. The molecule has 0 aliphatic carbocycles. The van der Waals surface area contributed by atoms with Gasteiger partial charge in [0.2, 0.25) is 11.8 Å². The second-order valence-corrected chi connectivity index (χ2v) is 6.56. The summed E-state index contributed by atoms with van der Waals surface area (Å²) in [5.41, 5.74) is 5.92. The lowest BCUT2D eigenvalue weighted by atomic mass is 10.0. The number of amides is 2. The molecule has 6 heteroatoms. The van der Waals surface area contributed by atoms with Crippen molar-refractivity contribution in [2.45, 2.75) is 38.8 Å². The number of hydrogen-bond acceptors (Lipinski definition) is 4. The van der Waals surface area contributed by atoms with E-state index < -0.39 is 6.04 Å². The minimum atomic E-state index is -0.437. The Morgan fingerprint density at radius 1 is 1.05 bits per heavy atom. The van der Waals surface area contributed by atoms with Gasteiger partial charge in [0.1, 0.15) is 0 Å². The van der Waals surface area contributed by atoms with E-state index >= 15 is 0 Å². The molecular formula is C15H28N4O2. The molecule has 2 atom stereocenters. The van der Waals surface area contributed by atoms with Gasteiger partial charge in [-0.3, -0.25) is 14.5 Å². The van der Waals surface area contributed by atoms with Gasteiger partial charge in [-0.1, -0.05) is 13.8 Å². The summed E-state index contributed by atoms with van der Waals surface area (Å²) in [4.78, 5) is 30.5. The first kappa shape index (κ1) is 16.2. The van der Waals surface area contributed by atoms with Crippen molar-refractivity contribution in [1.29, 1.82) is 0 Å². The SMILES string of the molecule is CC(C)[C@H](N)C(=O)N1CCN(C(=O)C2CCCN2C)CC1. The third-order valence-electron chi connectivity index (χ3n) is 4.71. The smallest absolute Gasteiger partial charge is 0.240 e. The molecule has 2 amide bonds. The molecule has 0 aromatic carbocycles. The molecule has 0 spiro atoms. The van der Waals surface area contributed by atoms with Crippen LogP contribution in [-0.4, -0.2) is 78.4 Å². The third kappa shape index (κ3) is 3.55. The van der Waals surface area contributed by atoms with Gasteiger partial charge in [0.15, 0.2) is 0 Å². The van der Waals surface area contributed by atoms with Gasteiger partial charge in [-0.05, 0) is 32.4 Å². The van der Waals surface area contributed by atoms with Gasteiger partial charge in [0, 0.05) is 26.2 Å². The summed E-state index contributed by atoms with van der Waals surface area (Å²) in [5.74, 6) is 0.370. The first-order valence-electron chi connectivity index (χ1n) is 7.95. The fourth-order valence-electron chi connectivity index (χ4n) is 3.08. The molecule has 2 rings (SSSR count). The van der Waals surface area contributed by atoms with E-state index in [1.165, 1.54) is 0 Å².